The van der Waals surface area contributed by atoms with Crippen LogP contribution in [-0.4, -0.2) is 57.7 Å². The molecule has 0 aliphatic carbocycles. The van der Waals surface area contributed by atoms with Gasteiger partial charge in [-0.3, -0.25) is 0 Å². The molecule has 0 saturated heterocycles. The predicted octanol–water partition coefficient (Wildman–Crippen LogP) is 1.86. The van der Waals surface area contributed by atoms with Crippen LogP contribution in [0.3, 0.4) is 0 Å². The maximum Gasteiger partial charge on any atom is 0.0701 e. The van der Waals surface area contributed by atoms with Crippen LogP contribution in [0.5, 0.6) is 0 Å². The van der Waals surface area contributed by atoms with Crippen molar-refractivity contribution in [1.29, 1.82) is 0 Å². The average molecular weight is 359 g/mol. The SMILES string of the molecule is COCCOCCOCCNCCCCCI. The van der Waals surface area contributed by atoms with E-state index in [0.29, 0.717) is 26.4 Å². The van der Waals surface area contributed by atoms with Gasteiger partial charge in [0, 0.05) is 13.7 Å². The summed E-state index contributed by atoms with van der Waals surface area (Å²) in [6.45, 7) is 5.42. The van der Waals surface area contributed by atoms with E-state index in [-0.39, 0.29) is 0 Å². The Kier molecular flexibility index (Phi) is 17.1. The zero-order chi connectivity index (χ0) is 12.6. The lowest BCUT2D eigenvalue weighted by Crippen LogP contribution is -2.21. The molecule has 0 fully saturated rings. The van der Waals surface area contributed by atoms with Crippen LogP contribution in [0.25, 0.3) is 0 Å². The number of rotatable bonds is 14. The van der Waals surface area contributed by atoms with Crippen LogP contribution in [0.2, 0.25) is 0 Å². The largest absolute Gasteiger partial charge is 0.382 e. The number of alkyl halides is 1. The highest BCUT2D eigenvalue weighted by molar-refractivity contribution is 14.1. The topological polar surface area (TPSA) is 39.7 Å². The number of halogens is 1. The van der Waals surface area contributed by atoms with E-state index < -0.39 is 0 Å². The van der Waals surface area contributed by atoms with Crippen LogP contribution in [0.1, 0.15) is 19.3 Å². The molecule has 104 valence electrons. The normalized spacial score (nSPS) is 10.9. The number of hydrogen-bond donors (Lipinski definition) is 1. The van der Waals surface area contributed by atoms with Crippen molar-refractivity contribution in [2.24, 2.45) is 0 Å². The van der Waals surface area contributed by atoms with Gasteiger partial charge in [-0.2, -0.15) is 0 Å². The third kappa shape index (κ3) is 16.6. The maximum absolute atomic E-state index is 5.41. The summed E-state index contributed by atoms with van der Waals surface area (Å²) in [4.78, 5) is 0. The molecule has 0 bridgehead atoms. The van der Waals surface area contributed by atoms with Gasteiger partial charge in [-0.15, -0.1) is 0 Å². The van der Waals surface area contributed by atoms with Crippen molar-refractivity contribution < 1.29 is 14.2 Å². The minimum atomic E-state index is 0.648. The summed E-state index contributed by atoms with van der Waals surface area (Å²) in [7, 11) is 1.67. The molecule has 0 aromatic rings. The molecule has 4 nitrogen and oxygen atoms in total. The summed E-state index contributed by atoms with van der Waals surface area (Å²) in [5, 5.41) is 3.37. The molecule has 0 aromatic heterocycles. The van der Waals surface area contributed by atoms with Crippen molar-refractivity contribution in [2.75, 3.05) is 57.7 Å². The lowest BCUT2D eigenvalue weighted by molar-refractivity contribution is 0.0256. The molecule has 0 rings (SSSR count). The van der Waals surface area contributed by atoms with Crippen molar-refractivity contribution in [2.45, 2.75) is 19.3 Å². The minimum Gasteiger partial charge on any atom is -0.382 e. The first-order valence-electron chi connectivity index (χ1n) is 6.33. The van der Waals surface area contributed by atoms with E-state index in [1.807, 2.05) is 0 Å². The Morgan fingerprint density at radius 3 is 2.24 bits per heavy atom. The second-order valence-corrected chi connectivity index (χ2v) is 4.80. The van der Waals surface area contributed by atoms with Gasteiger partial charge < -0.3 is 19.5 Å². The third-order valence-corrected chi connectivity index (χ3v) is 2.98. The lowest BCUT2D eigenvalue weighted by Gasteiger charge is -2.06. The fourth-order valence-electron chi connectivity index (χ4n) is 1.25. The molecule has 5 heteroatoms. The molecule has 0 heterocycles. The average Bonchev–Trinajstić information content (AvgIpc) is 2.35. The van der Waals surface area contributed by atoms with Crippen LogP contribution in [0.15, 0.2) is 0 Å². The van der Waals surface area contributed by atoms with E-state index in [9.17, 15) is 0 Å². The first-order chi connectivity index (χ1) is 8.41. The van der Waals surface area contributed by atoms with Gasteiger partial charge in [-0.05, 0) is 23.8 Å². The fourth-order valence-corrected chi connectivity index (χ4v) is 1.79. The van der Waals surface area contributed by atoms with Crippen molar-refractivity contribution in [3.05, 3.63) is 0 Å². The number of ether oxygens (including phenoxy) is 3. The van der Waals surface area contributed by atoms with Gasteiger partial charge in [-0.1, -0.05) is 29.0 Å². The monoisotopic (exact) mass is 359 g/mol. The Bertz CT molecular complexity index is 125. The second kappa shape index (κ2) is 16.6. The van der Waals surface area contributed by atoms with E-state index in [4.69, 9.17) is 14.2 Å². The van der Waals surface area contributed by atoms with Crippen molar-refractivity contribution >= 4 is 22.6 Å². The molecule has 17 heavy (non-hydrogen) atoms. The Hall–Kier alpha value is 0.570. The van der Waals surface area contributed by atoms with E-state index in [1.165, 1.54) is 23.7 Å². The van der Waals surface area contributed by atoms with Gasteiger partial charge in [-0.25, -0.2) is 0 Å². The Morgan fingerprint density at radius 2 is 1.53 bits per heavy atom. The van der Waals surface area contributed by atoms with E-state index >= 15 is 0 Å². The molecule has 0 radical (unpaired) electrons. The van der Waals surface area contributed by atoms with E-state index in [0.717, 1.165) is 19.7 Å². The van der Waals surface area contributed by atoms with Crippen LogP contribution < -0.4 is 5.32 Å². The summed E-state index contributed by atoms with van der Waals surface area (Å²) < 4.78 is 16.8. The van der Waals surface area contributed by atoms with Gasteiger partial charge in [0.1, 0.15) is 0 Å². The van der Waals surface area contributed by atoms with Crippen LogP contribution in [0, 0.1) is 0 Å². The number of methoxy groups -OCH3 is 1. The molecule has 0 unspecified atom stereocenters. The third-order valence-electron chi connectivity index (χ3n) is 2.21. The standard InChI is InChI=1S/C12H26INO3/c1-15-9-10-17-12-11-16-8-7-14-6-4-2-3-5-13/h14H,2-12H2,1H3. The zero-order valence-electron chi connectivity index (χ0n) is 10.9. The van der Waals surface area contributed by atoms with Crippen LogP contribution >= 0.6 is 22.6 Å². The quantitative estimate of drug-likeness (QED) is 0.292. The van der Waals surface area contributed by atoms with E-state index in [2.05, 4.69) is 27.9 Å². The Balaban J connectivity index is 2.85. The highest BCUT2D eigenvalue weighted by atomic mass is 127. The first kappa shape index (κ1) is 17.6. The molecule has 0 aliphatic heterocycles. The summed E-state index contributed by atoms with van der Waals surface area (Å²) in [5.74, 6) is 0. The maximum atomic E-state index is 5.41. The van der Waals surface area contributed by atoms with Gasteiger partial charge in [0.15, 0.2) is 0 Å². The molecule has 0 atom stereocenters. The minimum absolute atomic E-state index is 0.648. The van der Waals surface area contributed by atoms with Crippen LogP contribution in [-0.2, 0) is 14.2 Å². The zero-order valence-corrected chi connectivity index (χ0v) is 13.0. The van der Waals surface area contributed by atoms with Crippen molar-refractivity contribution in [3.63, 3.8) is 0 Å². The Morgan fingerprint density at radius 1 is 0.824 bits per heavy atom. The molecule has 1 N–H and O–H groups in total. The Labute approximate surface area is 119 Å². The molecule has 0 aromatic carbocycles. The molecular weight excluding hydrogens is 333 g/mol. The van der Waals surface area contributed by atoms with Gasteiger partial charge in [0.25, 0.3) is 0 Å². The fraction of sp³-hybridized carbons (Fsp3) is 1.00. The van der Waals surface area contributed by atoms with Gasteiger partial charge >= 0.3 is 0 Å². The number of hydrogen-bond acceptors (Lipinski definition) is 4. The molecular formula is C12H26INO3. The summed E-state index contributed by atoms with van der Waals surface area (Å²) in [6, 6.07) is 0. The molecule has 0 saturated carbocycles. The lowest BCUT2D eigenvalue weighted by atomic mass is 10.2. The van der Waals surface area contributed by atoms with Crippen molar-refractivity contribution in [1.82, 2.24) is 5.32 Å². The molecule has 0 spiro atoms. The second-order valence-electron chi connectivity index (χ2n) is 3.72. The smallest absolute Gasteiger partial charge is 0.0701 e. The van der Waals surface area contributed by atoms with Gasteiger partial charge in [0.2, 0.25) is 0 Å². The number of unbranched alkanes of at least 4 members (excludes halogenated alkanes) is 2. The molecule has 0 aliphatic rings. The summed E-state index contributed by atoms with van der Waals surface area (Å²) in [6.07, 6.45) is 3.92. The van der Waals surface area contributed by atoms with E-state index in [1.54, 1.807) is 7.11 Å². The van der Waals surface area contributed by atoms with Crippen LogP contribution in [0.4, 0.5) is 0 Å². The van der Waals surface area contributed by atoms with Gasteiger partial charge in [0.05, 0.1) is 33.0 Å². The molecule has 0 amide bonds. The summed E-state index contributed by atoms with van der Waals surface area (Å²) >= 11 is 2.42. The van der Waals surface area contributed by atoms with Crippen molar-refractivity contribution in [3.8, 4) is 0 Å². The highest BCUT2D eigenvalue weighted by Gasteiger charge is 1.91. The predicted molar refractivity (Wildman–Crippen MR) is 79.1 cm³/mol. The first-order valence-corrected chi connectivity index (χ1v) is 7.85. The number of nitrogens with one attached hydrogen (secondary N) is 1. The summed E-state index contributed by atoms with van der Waals surface area (Å²) in [5.41, 5.74) is 0. The highest BCUT2D eigenvalue weighted by Crippen LogP contribution is 1.97.